The first kappa shape index (κ1) is 12.4. The van der Waals surface area contributed by atoms with Gasteiger partial charge in [-0.3, -0.25) is 4.79 Å². The first-order chi connectivity index (χ1) is 8.68. The smallest absolute Gasteiger partial charge is 0.196 e. The van der Waals surface area contributed by atoms with Crippen LogP contribution < -0.4 is 5.32 Å². The summed E-state index contributed by atoms with van der Waals surface area (Å²) < 4.78 is 1.56. The molecule has 0 spiro atoms. The Morgan fingerprint density at radius 1 is 1.33 bits per heavy atom. The van der Waals surface area contributed by atoms with Crippen LogP contribution in [0.25, 0.3) is 5.69 Å². The highest BCUT2D eigenvalue weighted by Gasteiger charge is 2.14. The molecular formula is C13H16N4O. The molecule has 5 nitrogen and oxygen atoms in total. The molecule has 5 heteroatoms. The lowest BCUT2D eigenvalue weighted by atomic mass is 10.2. The molecule has 2 aromatic rings. The van der Waals surface area contributed by atoms with E-state index in [-0.39, 0.29) is 18.4 Å². The highest BCUT2D eigenvalue weighted by molar-refractivity contribution is 5.96. The summed E-state index contributed by atoms with van der Waals surface area (Å²) in [7, 11) is 0. The van der Waals surface area contributed by atoms with Crippen molar-refractivity contribution < 1.29 is 4.79 Å². The summed E-state index contributed by atoms with van der Waals surface area (Å²) >= 11 is 0. The lowest BCUT2D eigenvalue weighted by Crippen LogP contribution is -2.30. The minimum absolute atomic E-state index is 0.0162. The quantitative estimate of drug-likeness (QED) is 0.809. The van der Waals surface area contributed by atoms with E-state index in [2.05, 4.69) is 15.6 Å². The molecule has 0 saturated heterocycles. The van der Waals surface area contributed by atoms with Gasteiger partial charge in [0.2, 0.25) is 0 Å². The number of hydrogen-bond acceptors (Lipinski definition) is 4. The molecule has 0 aliphatic rings. The van der Waals surface area contributed by atoms with E-state index < -0.39 is 0 Å². The molecular weight excluding hydrogens is 228 g/mol. The number of carbonyl (C=O) groups is 1. The molecule has 0 atom stereocenters. The predicted molar refractivity (Wildman–Crippen MR) is 68.8 cm³/mol. The second-order valence-corrected chi connectivity index (χ2v) is 4.33. The second-order valence-electron chi connectivity index (χ2n) is 4.33. The Morgan fingerprint density at radius 3 is 2.72 bits per heavy atom. The predicted octanol–water partition coefficient (Wildman–Crippen LogP) is 1.45. The SMILES string of the molecule is CC(C)NCC(=O)c1cnnn1-c1ccccc1. The zero-order chi connectivity index (χ0) is 13.0. The number of aromatic nitrogens is 3. The third kappa shape index (κ3) is 2.81. The van der Waals surface area contributed by atoms with Gasteiger partial charge < -0.3 is 5.32 Å². The summed E-state index contributed by atoms with van der Waals surface area (Å²) in [6.07, 6.45) is 1.50. The Hall–Kier alpha value is -2.01. The lowest BCUT2D eigenvalue weighted by molar-refractivity contribution is 0.0981. The fourth-order valence-corrected chi connectivity index (χ4v) is 1.57. The molecule has 0 saturated carbocycles. The molecule has 0 aliphatic carbocycles. The van der Waals surface area contributed by atoms with E-state index in [0.717, 1.165) is 5.69 Å². The van der Waals surface area contributed by atoms with Crippen LogP contribution >= 0.6 is 0 Å². The zero-order valence-corrected chi connectivity index (χ0v) is 10.5. The van der Waals surface area contributed by atoms with Gasteiger partial charge >= 0.3 is 0 Å². The normalized spacial score (nSPS) is 10.8. The van der Waals surface area contributed by atoms with E-state index in [0.29, 0.717) is 5.69 Å². The molecule has 0 unspecified atom stereocenters. The summed E-state index contributed by atoms with van der Waals surface area (Å²) in [6, 6.07) is 9.77. The van der Waals surface area contributed by atoms with Gasteiger partial charge in [-0.2, -0.15) is 0 Å². The Balaban J connectivity index is 2.20. The third-order valence-electron chi connectivity index (χ3n) is 2.51. The maximum Gasteiger partial charge on any atom is 0.196 e. The molecule has 1 aromatic heterocycles. The maximum absolute atomic E-state index is 12.0. The Kier molecular flexibility index (Phi) is 3.84. The standard InChI is InChI=1S/C13H16N4O/c1-10(2)14-9-13(18)12-8-15-16-17(12)11-6-4-3-5-7-11/h3-8,10,14H,9H2,1-2H3. The number of para-hydroxylation sites is 1. The van der Waals surface area contributed by atoms with Gasteiger partial charge in [0.15, 0.2) is 5.78 Å². The molecule has 0 radical (unpaired) electrons. The summed E-state index contributed by atoms with van der Waals surface area (Å²) in [5.41, 5.74) is 1.33. The van der Waals surface area contributed by atoms with Gasteiger partial charge in [-0.25, -0.2) is 4.68 Å². The number of Topliss-reactive ketones (excluding diaryl/α,β-unsaturated/α-hetero) is 1. The number of carbonyl (C=O) groups excluding carboxylic acids is 1. The van der Waals surface area contributed by atoms with E-state index in [9.17, 15) is 4.79 Å². The van der Waals surface area contributed by atoms with Crippen molar-refractivity contribution in [2.75, 3.05) is 6.54 Å². The van der Waals surface area contributed by atoms with Crippen molar-refractivity contribution in [3.05, 3.63) is 42.2 Å². The van der Waals surface area contributed by atoms with Crippen LogP contribution in [0.1, 0.15) is 24.3 Å². The van der Waals surface area contributed by atoms with Crippen LogP contribution in [-0.2, 0) is 0 Å². The molecule has 1 aromatic carbocycles. The lowest BCUT2D eigenvalue weighted by Gasteiger charge is -2.08. The number of ketones is 1. The van der Waals surface area contributed by atoms with Crippen LogP contribution in [0, 0.1) is 0 Å². The van der Waals surface area contributed by atoms with Crippen LogP contribution in [0.15, 0.2) is 36.5 Å². The van der Waals surface area contributed by atoms with Crippen LogP contribution in [0.3, 0.4) is 0 Å². The minimum atomic E-state index is -0.0162. The van der Waals surface area contributed by atoms with E-state index in [1.165, 1.54) is 6.20 Å². The van der Waals surface area contributed by atoms with Gasteiger partial charge in [-0.15, -0.1) is 5.10 Å². The summed E-state index contributed by atoms with van der Waals surface area (Å²) in [4.78, 5) is 12.0. The van der Waals surface area contributed by atoms with Crippen LogP contribution in [0.5, 0.6) is 0 Å². The zero-order valence-electron chi connectivity index (χ0n) is 10.5. The molecule has 0 aliphatic heterocycles. The highest BCUT2D eigenvalue weighted by Crippen LogP contribution is 2.08. The molecule has 0 amide bonds. The van der Waals surface area contributed by atoms with E-state index in [1.54, 1.807) is 4.68 Å². The fraction of sp³-hybridized carbons (Fsp3) is 0.308. The van der Waals surface area contributed by atoms with Crippen molar-refractivity contribution in [2.45, 2.75) is 19.9 Å². The van der Waals surface area contributed by atoms with Crippen molar-refractivity contribution in [3.8, 4) is 5.69 Å². The monoisotopic (exact) mass is 244 g/mol. The molecule has 0 bridgehead atoms. The average molecular weight is 244 g/mol. The molecule has 0 fully saturated rings. The number of hydrogen-bond donors (Lipinski definition) is 1. The largest absolute Gasteiger partial charge is 0.307 e. The molecule has 1 heterocycles. The number of rotatable bonds is 5. The van der Waals surface area contributed by atoms with Gasteiger partial charge in [0.05, 0.1) is 18.4 Å². The average Bonchev–Trinajstić information content (AvgIpc) is 2.86. The maximum atomic E-state index is 12.0. The third-order valence-corrected chi connectivity index (χ3v) is 2.51. The summed E-state index contributed by atoms with van der Waals surface area (Å²) in [6.45, 7) is 4.29. The van der Waals surface area contributed by atoms with Crippen molar-refractivity contribution in [1.82, 2.24) is 20.3 Å². The van der Waals surface area contributed by atoms with Gasteiger partial charge in [0, 0.05) is 6.04 Å². The summed E-state index contributed by atoms with van der Waals surface area (Å²) in [5, 5.41) is 10.9. The number of benzene rings is 1. The molecule has 18 heavy (non-hydrogen) atoms. The Bertz CT molecular complexity index is 519. The van der Waals surface area contributed by atoms with Crippen LogP contribution in [-0.4, -0.2) is 33.4 Å². The number of nitrogens with one attached hydrogen (secondary N) is 1. The Labute approximate surface area is 106 Å². The fourth-order valence-electron chi connectivity index (χ4n) is 1.57. The van der Waals surface area contributed by atoms with Crippen molar-refractivity contribution >= 4 is 5.78 Å². The van der Waals surface area contributed by atoms with Crippen LogP contribution in [0.4, 0.5) is 0 Å². The van der Waals surface area contributed by atoms with Crippen molar-refractivity contribution in [1.29, 1.82) is 0 Å². The van der Waals surface area contributed by atoms with Crippen molar-refractivity contribution in [3.63, 3.8) is 0 Å². The van der Waals surface area contributed by atoms with Gasteiger partial charge in [-0.1, -0.05) is 37.3 Å². The summed E-state index contributed by atoms with van der Waals surface area (Å²) in [5.74, 6) is -0.0162. The van der Waals surface area contributed by atoms with Gasteiger partial charge in [0.25, 0.3) is 0 Å². The second kappa shape index (κ2) is 5.55. The highest BCUT2D eigenvalue weighted by atomic mass is 16.1. The Morgan fingerprint density at radius 2 is 2.06 bits per heavy atom. The minimum Gasteiger partial charge on any atom is -0.307 e. The first-order valence-corrected chi connectivity index (χ1v) is 5.91. The van der Waals surface area contributed by atoms with E-state index in [4.69, 9.17) is 0 Å². The topological polar surface area (TPSA) is 59.8 Å². The first-order valence-electron chi connectivity index (χ1n) is 5.91. The molecule has 2 rings (SSSR count). The molecule has 94 valence electrons. The number of nitrogens with zero attached hydrogens (tertiary/aromatic N) is 3. The van der Waals surface area contributed by atoms with Crippen molar-refractivity contribution in [2.24, 2.45) is 0 Å². The van der Waals surface area contributed by atoms with Gasteiger partial charge in [-0.05, 0) is 12.1 Å². The van der Waals surface area contributed by atoms with Gasteiger partial charge in [0.1, 0.15) is 5.69 Å². The van der Waals surface area contributed by atoms with Crippen LogP contribution in [0.2, 0.25) is 0 Å². The van der Waals surface area contributed by atoms with E-state index >= 15 is 0 Å². The molecule has 1 N–H and O–H groups in total. The van der Waals surface area contributed by atoms with E-state index in [1.807, 2.05) is 44.2 Å².